The number of hydrogen-bond donors (Lipinski definition) is 1. The number of primary amides is 1. The Morgan fingerprint density at radius 3 is 2.36 bits per heavy atom. The van der Waals surface area contributed by atoms with Gasteiger partial charge in [0.05, 0.1) is 5.56 Å². The van der Waals surface area contributed by atoms with Crippen LogP contribution in [0.2, 0.25) is 0 Å². The molecule has 0 radical (unpaired) electrons. The maximum Gasteiger partial charge on any atom is 0.261 e. The van der Waals surface area contributed by atoms with E-state index in [-0.39, 0.29) is 18.9 Å². The third kappa shape index (κ3) is 3.52. The minimum Gasteiger partial charge on any atom is -0.466 e. The van der Waals surface area contributed by atoms with Crippen LogP contribution in [0.3, 0.4) is 0 Å². The van der Waals surface area contributed by atoms with E-state index in [1.807, 2.05) is 0 Å². The molecule has 0 unspecified atom stereocenters. The smallest absolute Gasteiger partial charge is 0.261 e. The molecule has 1 aromatic heterocycles. The van der Waals surface area contributed by atoms with Crippen LogP contribution >= 0.6 is 0 Å². The van der Waals surface area contributed by atoms with Gasteiger partial charge in [-0.2, -0.15) is 0 Å². The summed E-state index contributed by atoms with van der Waals surface area (Å²) < 4.78 is 18.4. The number of nitrogens with two attached hydrogens (primary N) is 1. The zero-order valence-electron chi connectivity index (χ0n) is 12.4. The predicted octanol–water partition coefficient (Wildman–Crippen LogP) is 2.56. The number of rotatable bonds is 5. The van der Waals surface area contributed by atoms with E-state index >= 15 is 0 Å². The van der Waals surface area contributed by atoms with Gasteiger partial charge in [-0.15, -0.1) is 0 Å². The van der Waals surface area contributed by atoms with Crippen molar-refractivity contribution >= 4 is 17.5 Å². The molecule has 0 saturated heterocycles. The van der Waals surface area contributed by atoms with E-state index < -0.39 is 11.7 Å². The van der Waals surface area contributed by atoms with E-state index in [0.29, 0.717) is 22.8 Å². The number of halogens is 1. The van der Waals surface area contributed by atoms with Crippen molar-refractivity contribution in [3.05, 3.63) is 53.2 Å². The fourth-order valence-corrected chi connectivity index (χ4v) is 2.18. The molecule has 0 fully saturated rings. The first kappa shape index (κ1) is 15.8. The zero-order valence-corrected chi connectivity index (χ0v) is 12.4. The standard InChI is InChI=1S/C16H17FN2O3/c1-10-9-14(11(2)22-10)16(21)19(8-7-15(18)20)13-5-3-12(17)4-6-13/h3-6,9H,7-8H2,1-2H3,(H2,18,20). The van der Waals surface area contributed by atoms with Gasteiger partial charge in [0.1, 0.15) is 17.3 Å². The molecule has 2 N–H and O–H groups in total. The molecule has 2 aromatic rings. The van der Waals surface area contributed by atoms with E-state index in [2.05, 4.69) is 0 Å². The molecule has 0 saturated carbocycles. The second-order valence-corrected chi connectivity index (χ2v) is 4.98. The van der Waals surface area contributed by atoms with Crippen LogP contribution in [-0.2, 0) is 4.79 Å². The fourth-order valence-electron chi connectivity index (χ4n) is 2.18. The van der Waals surface area contributed by atoms with Crippen molar-refractivity contribution in [2.75, 3.05) is 11.4 Å². The molecule has 6 heteroatoms. The number of hydrogen-bond acceptors (Lipinski definition) is 3. The average molecular weight is 304 g/mol. The summed E-state index contributed by atoms with van der Waals surface area (Å²) >= 11 is 0. The molecule has 0 aliphatic rings. The molecule has 0 aliphatic carbocycles. The molecule has 2 amide bonds. The van der Waals surface area contributed by atoms with E-state index in [1.54, 1.807) is 19.9 Å². The molecule has 22 heavy (non-hydrogen) atoms. The van der Waals surface area contributed by atoms with E-state index in [0.717, 1.165) is 0 Å². The molecular weight excluding hydrogens is 287 g/mol. The van der Waals surface area contributed by atoms with E-state index in [4.69, 9.17) is 10.2 Å². The number of anilines is 1. The van der Waals surface area contributed by atoms with Crippen LogP contribution < -0.4 is 10.6 Å². The SMILES string of the molecule is Cc1cc(C(=O)N(CCC(N)=O)c2ccc(F)cc2)c(C)o1. The van der Waals surface area contributed by atoms with Gasteiger partial charge in [0.25, 0.3) is 5.91 Å². The summed E-state index contributed by atoms with van der Waals surface area (Å²) in [6.07, 6.45) is 0.0129. The molecular formula is C16H17FN2O3. The topological polar surface area (TPSA) is 76.5 Å². The minimum absolute atomic E-state index is 0.0129. The van der Waals surface area contributed by atoms with Gasteiger partial charge in [-0.25, -0.2) is 4.39 Å². The van der Waals surface area contributed by atoms with Crippen LogP contribution in [0.1, 0.15) is 28.3 Å². The van der Waals surface area contributed by atoms with Crippen LogP contribution in [-0.4, -0.2) is 18.4 Å². The number of furan rings is 1. The first-order valence-electron chi connectivity index (χ1n) is 6.81. The lowest BCUT2D eigenvalue weighted by molar-refractivity contribution is -0.117. The zero-order chi connectivity index (χ0) is 16.3. The second kappa shape index (κ2) is 6.43. The largest absolute Gasteiger partial charge is 0.466 e. The summed E-state index contributed by atoms with van der Waals surface area (Å²) in [7, 11) is 0. The number of carbonyl (C=O) groups excluding carboxylic acids is 2. The molecule has 116 valence electrons. The van der Waals surface area contributed by atoms with Crippen LogP contribution in [0, 0.1) is 19.7 Å². The van der Waals surface area contributed by atoms with Gasteiger partial charge in [0.15, 0.2) is 0 Å². The summed E-state index contributed by atoms with van der Waals surface area (Å²) in [4.78, 5) is 25.1. The fraction of sp³-hybridized carbons (Fsp3) is 0.250. The lowest BCUT2D eigenvalue weighted by Crippen LogP contribution is -2.34. The van der Waals surface area contributed by atoms with Crippen molar-refractivity contribution in [2.45, 2.75) is 20.3 Å². The molecule has 0 atom stereocenters. The van der Waals surface area contributed by atoms with Crippen molar-refractivity contribution in [1.82, 2.24) is 0 Å². The summed E-state index contributed by atoms with van der Waals surface area (Å²) in [6.45, 7) is 3.55. The van der Waals surface area contributed by atoms with Gasteiger partial charge in [0.2, 0.25) is 5.91 Å². The molecule has 0 aliphatic heterocycles. The van der Waals surface area contributed by atoms with Gasteiger partial charge < -0.3 is 15.1 Å². The third-order valence-electron chi connectivity index (χ3n) is 3.24. The van der Waals surface area contributed by atoms with E-state index in [9.17, 15) is 14.0 Å². The summed E-state index contributed by atoms with van der Waals surface area (Å²) in [5.41, 5.74) is 6.06. The van der Waals surface area contributed by atoms with Gasteiger partial charge >= 0.3 is 0 Å². The average Bonchev–Trinajstić information content (AvgIpc) is 2.79. The second-order valence-electron chi connectivity index (χ2n) is 4.98. The number of amides is 2. The van der Waals surface area contributed by atoms with Crippen LogP contribution in [0.5, 0.6) is 0 Å². The van der Waals surface area contributed by atoms with Gasteiger partial charge in [-0.3, -0.25) is 9.59 Å². The normalized spacial score (nSPS) is 10.5. The summed E-state index contributed by atoms with van der Waals surface area (Å²) in [5, 5.41) is 0. The van der Waals surface area contributed by atoms with Crippen molar-refractivity contribution < 1.29 is 18.4 Å². The van der Waals surface area contributed by atoms with Gasteiger partial charge in [0, 0.05) is 18.7 Å². The maximum absolute atomic E-state index is 13.1. The molecule has 5 nitrogen and oxygen atoms in total. The highest BCUT2D eigenvalue weighted by Gasteiger charge is 2.22. The number of nitrogens with zero attached hydrogens (tertiary/aromatic N) is 1. The molecule has 2 rings (SSSR count). The Morgan fingerprint density at radius 2 is 1.86 bits per heavy atom. The monoisotopic (exact) mass is 304 g/mol. The predicted molar refractivity (Wildman–Crippen MR) is 80.1 cm³/mol. The Balaban J connectivity index is 2.34. The summed E-state index contributed by atoms with van der Waals surface area (Å²) in [6, 6.07) is 7.12. The lowest BCUT2D eigenvalue weighted by atomic mass is 10.2. The van der Waals surface area contributed by atoms with Gasteiger partial charge in [-0.1, -0.05) is 0 Å². The van der Waals surface area contributed by atoms with Crippen molar-refractivity contribution in [3.63, 3.8) is 0 Å². The number of carbonyl (C=O) groups is 2. The number of aryl methyl sites for hydroxylation is 2. The van der Waals surface area contributed by atoms with Gasteiger partial charge in [-0.05, 0) is 44.2 Å². The van der Waals surface area contributed by atoms with Crippen LogP contribution in [0.25, 0.3) is 0 Å². The molecule has 1 aromatic carbocycles. The molecule has 0 spiro atoms. The first-order valence-corrected chi connectivity index (χ1v) is 6.81. The highest BCUT2D eigenvalue weighted by molar-refractivity contribution is 6.07. The van der Waals surface area contributed by atoms with Crippen molar-refractivity contribution in [1.29, 1.82) is 0 Å². The Kier molecular flexibility index (Phi) is 4.60. The Morgan fingerprint density at radius 1 is 1.23 bits per heavy atom. The lowest BCUT2D eigenvalue weighted by Gasteiger charge is -2.22. The Bertz CT molecular complexity index is 692. The molecule has 0 bridgehead atoms. The maximum atomic E-state index is 13.1. The van der Waals surface area contributed by atoms with E-state index in [1.165, 1.54) is 29.2 Å². The third-order valence-corrected chi connectivity index (χ3v) is 3.24. The van der Waals surface area contributed by atoms with Crippen LogP contribution in [0.4, 0.5) is 10.1 Å². The Labute approximate surface area is 127 Å². The minimum atomic E-state index is -0.514. The highest BCUT2D eigenvalue weighted by Crippen LogP contribution is 2.22. The van der Waals surface area contributed by atoms with Crippen molar-refractivity contribution in [2.24, 2.45) is 5.73 Å². The molecule has 1 heterocycles. The first-order chi connectivity index (χ1) is 10.4. The summed E-state index contributed by atoms with van der Waals surface area (Å²) in [5.74, 6) is -0.118. The van der Waals surface area contributed by atoms with Crippen LogP contribution in [0.15, 0.2) is 34.7 Å². The highest BCUT2D eigenvalue weighted by atomic mass is 19.1. The number of benzene rings is 1. The van der Waals surface area contributed by atoms with Crippen molar-refractivity contribution in [3.8, 4) is 0 Å². The Hall–Kier alpha value is -2.63. The quantitative estimate of drug-likeness (QED) is 0.922.